The highest BCUT2D eigenvalue weighted by Gasteiger charge is 2.34. The summed E-state index contributed by atoms with van der Waals surface area (Å²) in [6.07, 6.45) is 7.99. The number of halogens is 1. The van der Waals surface area contributed by atoms with E-state index in [1.54, 1.807) is 19.2 Å². The first-order chi connectivity index (χ1) is 14.3. The van der Waals surface area contributed by atoms with Gasteiger partial charge in [-0.05, 0) is 80.0 Å². The molecule has 3 rings (SSSR count). The fourth-order valence-electron chi connectivity index (χ4n) is 5.28. The van der Waals surface area contributed by atoms with Crippen molar-refractivity contribution in [2.75, 3.05) is 7.11 Å². The summed E-state index contributed by atoms with van der Waals surface area (Å²) in [5.41, 5.74) is 3.01. The largest absolute Gasteiger partial charge is 0.496 e. The van der Waals surface area contributed by atoms with Crippen LogP contribution in [0.5, 0.6) is 5.75 Å². The maximum Gasteiger partial charge on any atom is 0.123 e. The van der Waals surface area contributed by atoms with Crippen LogP contribution >= 0.6 is 0 Å². The number of ether oxygens (including phenoxy) is 1. The van der Waals surface area contributed by atoms with Crippen LogP contribution in [0.15, 0.2) is 30.3 Å². The summed E-state index contributed by atoms with van der Waals surface area (Å²) >= 11 is 0. The third kappa shape index (κ3) is 6.04. The van der Waals surface area contributed by atoms with E-state index < -0.39 is 5.60 Å². The van der Waals surface area contributed by atoms with E-state index in [4.69, 9.17) is 9.72 Å². The van der Waals surface area contributed by atoms with Crippen LogP contribution in [0.25, 0.3) is 0 Å². The van der Waals surface area contributed by atoms with E-state index in [1.165, 1.54) is 38.2 Å². The van der Waals surface area contributed by atoms with E-state index in [9.17, 15) is 9.50 Å². The molecule has 1 aliphatic carbocycles. The standard InChI is InChI=1S/C26H36FNO2/c1-18-12-20(3)28-23(13-18)17-26(29,16-21-8-6-5-7-9-21)15-19(2)24-14-22(27)10-11-25(24)30-4/h10-14,19,21,29H,5-9,15-17H2,1-4H3. The van der Waals surface area contributed by atoms with Crippen LogP contribution in [0.1, 0.15) is 80.3 Å². The van der Waals surface area contributed by atoms with Crippen molar-refractivity contribution in [2.45, 2.75) is 83.7 Å². The molecule has 1 heterocycles. The molecule has 0 bridgehead atoms. The molecule has 0 radical (unpaired) electrons. The van der Waals surface area contributed by atoms with Gasteiger partial charge < -0.3 is 9.84 Å². The van der Waals surface area contributed by atoms with Gasteiger partial charge in [0.25, 0.3) is 0 Å². The number of hydrogen-bond acceptors (Lipinski definition) is 3. The van der Waals surface area contributed by atoms with E-state index >= 15 is 0 Å². The minimum atomic E-state index is -0.883. The van der Waals surface area contributed by atoms with Crippen molar-refractivity contribution in [3.05, 3.63) is 58.7 Å². The number of aryl methyl sites for hydroxylation is 2. The molecule has 1 aliphatic rings. The van der Waals surface area contributed by atoms with Crippen LogP contribution in [0.2, 0.25) is 0 Å². The molecule has 0 amide bonds. The van der Waals surface area contributed by atoms with E-state index in [1.807, 2.05) is 6.92 Å². The van der Waals surface area contributed by atoms with Gasteiger partial charge in [0.05, 0.1) is 12.7 Å². The van der Waals surface area contributed by atoms with Crippen LogP contribution in [0.3, 0.4) is 0 Å². The third-order valence-electron chi connectivity index (χ3n) is 6.46. The van der Waals surface area contributed by atoms with Crippen molar-refractivity contribution < 1.29 is 14.2 Å². The molecule has 2 unspecified atom stereocenters. The summed E-state index contributed by atoms with van der Waals surface area (Å²) in [4.78, 5) is 4.70. The number of pyridine rings is 1. The normalized spacial score (nSPS) is 18.1. The second-order valence-electron chi connectivity index (χ2n) is 9.38. The van der Waals surface area contributed by atoms with Crippen molar-refractivity contribution in [3.8, 4) is 5.75 Å². The monoisotopic (exact) mass is 413 g/mol. The number of aromatic nitrogens is 1. The topological polar surface area (TPSA) is 42.4 Å². The Morgan fingerprint density at radius 1 is 1.17 bits per heavy atom. The molecule has 1 aromatic carbocycles. The average molecular weight is 414 g/mol. The summed E-state index contributed by atoms with van der Waals surface area (Å²) in [5, 5.41) is 11.9. The summed E-state index contributed by atoms with van der Waals surface area (Å²) in [6, 6.07) is 8.77. The molecule has 1 fully saturated rings. The zero-order valence-corrected chi connectivity index (χ0v) is 18.9. The Morgan fingerprint density at radius 3 is 2.57 bits per heavy atom. The van der Waals surface area contributed by atoms with Gasteiger partial charge in [0.15, 0.2) is 0 Å². The molecule has 2 aromatic rings. The van der Waals surface area contributed by atoms with E-state index in [0.29, 0.717) is 24.5 Å². The van der Waals surface area contributed by atoms with Crippen molar-refractivity contribution in [1.82, 2.24) is 4.98 Å². The average Bonchev–Trinajstić information content (AvgIpc) is 2.67. The lowest BCUT2D eigenvalue weighted by Gasteiger charge is -2.36. The molecule has 0 spiro atoms. The lowest BCUT2D eigenvalue weighted by atomic mass is 9.74. The van der Waals surface area contributed by atoms with Gasteiger partial charge >= 0.3 is 0 Å². The van der Waals surface area contributed by atoms with E-state index in [-0.39, 0.29) is 11.7 Å². The zero-order chi connectivity index (χ0) is 21.7. The fraction of sp³-hybridized carbons (Fsp3) is 0.577. The van der Waals surface area contributed by atoms with Crippen LogP contribution in [-0.2, 0) is 6.42 Å². The highest BCUT2D eigenvalue weighted by Crippen LogP contribution is 2.39. The quantitative estimate of drug-likeness (QED) is 0.553. The smallest absolute Gasteiger partial charge is 0.123 e. The number of hydrogen-bond donors (Lipinski definition) is 1. The van der Waals surface area contributed by atoms with Crippen LogP contribution in [0.4, 0.5) is 4.39 Å². The second kappa shape index (κ2) is 9.91. The van der Waals surface area contributed by atoms with Gasteiger partial charge in [-0.25, -0.2) is 4.39 Å². The third-order valence-corrected chi connectivity index (χ3v) is 6.46. The second-order valence-corrected chi connectivity index (χ2v) is 9.38. The Balaban J connectivity index is 1.87. The minimum Gasteiger partial charge on any atom is -0.496 e. The summed E-state index contributed by atoms with van der Waals surface area (Å²) in [7, 11) is 1.61. The van der Waals surface area contributed by atoms with Gasteiger partial charge in [-0.15, -0.1) is 0 Å². The molecule has 30 heavy (non-hydrogen) atoms. The van der Waals surface area contributed by atoms with Crippen molar-refractivity contribution in [2.24, 2.45) is 5.92 Å². The minimum absolute atomic E-state index is 0.0323. The molecule has 164 valence electrons. The van der Waals surface area contributed by atoms with Gasteiger partial charge in [0.2, 0.25) is 0 Å². The molecule has 4 heteroatoms. The Bertz CT molecular complexity index is 827. The zero-order valence-electron chi connectivity index (χ0n) is 18.9. The molecule has 2 atom stereocenters. The number of benzene rings is 1. The van der Waals surface area contributed by atoms with Gasteiger partial charge in [-0.3, -0.25) is 4.98 Å². The molecule has 0 saturated heterocycles. The summed E-state index contributed by atoms with van der Waals surface area (Å²) in [5.74, 6) is 0.907. The number of rotatable bonds is 8. The molecule has 1 N–H and O–H groups in total. The Kier molecular flexibility index (Phi) is 7.51. The summed E-state index contributed by atoms with van der Waals surface area (Å²) in [6.45, 7) is 6.12. The van der Waals surface area contributed by atoms with E-state index in [0.717, 1.165) is 28.9 Å². The summed E-state index contributed by atoms with van der Waals surface area (Å²) < 4.78 is 19.4. The molecular formula is C26H36FNO2. The number of nitrogens with zero attached hydrogens (tertiary/aromatic N) is 1. The Labute approximate surface area is 180 Å². The predicted molar refractivity (Wildman–Crippen MR) is 120 cm³/mol. The Morgan fingerprint density at radius 2 is 1.90 bits per heavy atom. The van der Waals surface area contributed by atoms with Crippen molar-refractivity contribution in [1.29, 1.82) is 0 Å². The molecular weight excluding hydrogens is 377 g/mol. The Hall–Kier alpha value is -1.94. The van der Waals surface area contributed by atoms with Gasteiger partial charge in [0.1, 0.15) is 11.6 Å². The molecule has 1 aromatic heterocycles. The first kappa shape index (κ1) is 22.7. The number of methoxy groups -OCH3 is 1. The molecule has 1 saturated carbocycles. The van der Waals surface area contributed by atoms with Crippen LogP contribution < -0.4 is 4.74 Å². The molecule has 0 aliphatic heterocycles. The first-order valence-corrected chi connectivity index (χ1v) is 11.3. The van der Waals surface area contributed by atoms with E-state index in [2.05, 4.69) is 26.0 Å². The number of aliphatic hydroxyl groups is 1. The highest BCUT2D eigenvalue weighted by atomic mass is 19.1. The molecule has 3 nitrogen and oxygen atoms in total. The van der Waals surface area contributed by atoms with Gasteiger partial charge in [-0.1, -0.05) is 39.0 Å². The van der Waals surface area contributed by atoms with Crippen LogP contribution in [-0.4, -0.2) is 22.8 Å². The van der Waals surface area contributed by atoms with Gasteiger partial charge in [0, 0.05) is 17.8 Å². The first-order valence-electron chi connectivity index (χ1n) is 11.3. The maximum absolute atomic E-state index is 14.0. The van der Waals surface area contributed by atoms with Crippen molar-refractivity contribution >= 4 is 0 Å². The predicted octanol–water partition coefficient (Wildman–Crippen LogP) is 6.28. The van der Waals surface area contributed by atoms with Crippen LogP contribution in [0, 0.1) is 25.6 Å². The lowest BCUT2D eigenvalue weighted by Crippen LogP contribution is -2.36. The highest BCUT2D eigenvalue weighted by molar-refractivity contribution is 5.37. The lowest BCUT2D eigenvalue weighted by molar-refractivity contribution is -0.00355. The SMILES string of the molecule is COc1ccc(F)cc1C(C)CC(O)(Cc1cc(C)cc(C)n1)CC1CCCCC1. The fourth-order valence-corrected chi connectivity index (χ4v) is 5.28. The maximum atomic E-state index is 14.0. The van der Waals surface area contributed by atoms with Crippen molar-refractivity contribution in [3.63, 3.8) is 0 Å². The van der Waals surface area contributed by atoms with Gasteiger partial charge in [-0.2, -0.15) is 0 Å².